The molecule has 1 saturated heterocycles. The number of morpholine rings is 1. The standard InChI is InChI=1S/C20H23N3O5/c1-12-9-22(10-13(2)28-12)18(24)11-27-20(26)14-5-6-15-16(8-14)21-17-4-3-7-23(17)19(15)25/h5-6,8,12-13H,3-4,7,9-11H2,1-2H3/t12-,13-/m1/s1. The maximum Gasteiger partial charge on any atom is 0.338 e. The molecule has 0 N–H and O–H groups in total. The summed E-state index contributed by atoms with van der Waals surface area (Å²) in [6, 6.07) is 4.70. The van der Waals surface area contributed by atoms with E-state index < -0.39 is 5.97 Å². The van der Waals surface area contributed by atoms with E-state index in [1.165, 1.54) is 0 Å². The van der Waals surface area contributed by atoms with Gasteiger partial charge >= 0.3 is 5.97 Å². The van der Waals surface area contributed by atoms with Crippen LogP contribution in [0.4, 0.5) is 0 Å². The SMILES string of the molecule is C[C@@H]1CN(C(=O)COC(=O)c2ccc3c(=O)n4c(nc3c2)CCC4)C[C@@H](C)O1. The largest absolute Gasteiger partial charge is 0.452 e. The smallest absolute Gasteiger partial charge is 0.338 e. The van der Waals surface area contributed by atoms with Crippen molar-refractivity contribution in [2.75, 3.05) is 19.7 Å². The van der Waals surface area contributed by atoms with Crippen LogP contribution in [0.5, 0.6) is 0 Å². The molecule has 148 valence electrons. The van der Waals surface area contributed by atoms with Crippen molar-refractivity contribution in [3.05, 3.63) is 39.9 Å². The minimum absolute atomic E-state index is 0.0455. The molecule has 2 aliphatic rings. The lowest BCUT2D eigenvalue weighted by molar-refractivity contribution is -0.146. The van der Waals surface area contributed by atoms with E-state index in [-0.39, 0.29) is 35.8 Å². The molecule has 0 unspecified atom stereocenters. The van der Waals surface area contributed by atoms with Crippen LogP contribution in [-0.4, -0.2) is 58.2 Å². The first-order valence-electron chi connectivity index (χ1n) is 9.56. The van der Waals surface area contributed by atoms with E-state index in [0.29, 0.717) is 30.5 Å². The highest BCUT2D eigenvalue weighted by Gasteiger charge is 2.26. The highest BCUT2D eigenvalue weighted by atomic mass is 16.5. The Hall–Kier alpha value is -2.74. The number of rotatable bonds is 3. The molecular formula is C20H23N3O5. The Morgan fingerprint density at radius 1 is 1.25 bits per heavy atom. The van der Waals surface area contributed by atoms with Gasteiger partial charge in [0.05, 0.1) is 28.7 Å². The van der Waals surface area contributed by atoms with Crippen LogP contribution in [0.2, 0.25) is 0 Å². The van der Waals surface area contributed by atoms with Gasteiger partial charge in [0.15, 0.2) is 6.61 Å². The van der Waals surface area contributed by atoms with Crippen LogP contribution in [0, 0.1) is 0 Å². The number of amides is 1. The van der Waals surface area contributed by atoms with E-state index in [9.17, 15) is 14.4 Å². The van der Waals surface area contributed by atoms with Crippen molar-refractivity contribution < 1.29 is 19.1 Å². The van der Waals surface area contributed by atoms with Gasteiger partial charge in [-0.2, -0.15) is 0 Å². The van der Waals surface area contributed by atoms with Crippen LogP contribution >= 0.6 is 0 Å². The molecule has 8 nitrogen and oxygen atoms in total. The third-order valence-electron chi connectivity index (χ3n) is 5.15. The summed E-state index contributed by atoms with van der Waals surface area (Å²) in [6.07, 6.45) is 1.56. The molecule has 1 amide bonds. The first kappa shape index (κ1) is 18.6. The molecule has 2 aromatic rings. The van der Waals surface area contributed by atoms with Gasteiger partial charge in [-0.05, 0) is 38.5 Å². The third-order valence-corrected chi connectivity index (χ3v) is 5.15. The molecule has 28 heavy (non-hydrogen) atoms. The fourth-order valence-corrected chi connectivity index (χ4v) is 3.89. The lowest BCUT2D eigenvalue weighted by atomic mass is 10.1. The number of aromatic nitrogens is 2. The van der Waals surface area contributed by atoms with Gasteiger partial charge in [-0.15, -0.1) is 0 Å². The Morgan fingerprint density at radius 3 is 2.75 bits per heavy atom. The van der Waals surface area contributed by atoms with Crippen molar-refractivity contribution in [3.63, 3.8) is 0 Å². The summed E-state index contributed by atoms with van der Waals surface area (Å²) in [6.45, 7) is 5.14. The Kier molecular flexibility index (Phi) is 4.89. The van der Waals surface area contributed by atoms with Gasteiger partial charge < -0.3 is 14.4 Å². The number of fused-ring (bicyclic) bond motifs is 2. The van der Waals surface area contributed by atoms with E-state index in [2.05, 4.69) is 4.98 Å². The second kappa shape index (κ2) is 7.35. The summed E-state index contributed by atoms with van der Waals surface area (Å²) in [4.78, 5) is 43.4. The van der Waals surface area contributed by atoms with Crippen LogP contribution in [-0.2, 0) is 27.2 Å². The lowest BCUT2D eigenvalue weighted by Crippen LogP contribution is -2.49. The topological polar surface area (TPSA) is 90.7 Å². The van der Waals surface area contributed by atoms with Crippen LogP contribution in [0.1, 0.15) is 36.5 Å². The van der Waals surface area contributed by atoms with Gasteiger partial charge in [-0.1, -0.05) is 0 Å². The number of carbonyl (C=O) groups excluding carboxylic acids is 2. The maximum atomic E-state index is 12.5. The molecule has 3 heterocycles. The maximum absolute atomic E-state index is 12.5. The summed E-state index contributed by atoms with van der Waals surface area (Å²) >= 11 is 0. The van der Waals surface area contributed by atoms with Crippen molar-refractivity contribution in [2.24, 2.45) is 0 Å². The summed E-state index contributed by atoms with van der Waals surface area (Å²) in [5, 5.41) is 0.481. The third kappa shape index (κ3) is 3.52. The van der Waals surface area contributed by atoms with Crippen LogP contribution in [0.25, 0.3) is 10.9 Å². The van der Waals surface area contributed by atoms with E-state index >= 15 is 0 Å². The van der Waals surface area contributed by atoms with Gasteiger partial charge in [0.2, 0.25) is 0 Å². The molecule has 0 radical (unpaired) electrons. The monoisotopic (exact) mass is 385 g/mol. The predicted molar refractivity (Wildman–Crippen MR) is 101 cm³/mol. The molecule has 1 aromatic heterocycles. The minimum atomic E-state index is -0.605. The quantitative estimate of drug-likeness (QED) is 0.736. The predicted octanol–water partition coefficient (Wildman–Crippen LogP) is 1.14. The number of ether oxygens (including phenoxy) is 2. The number of hydrogen-bond donors (Lipinski definition) is 0. The number of hydrogen-bond acceptors (Lipinski definition) is 6. The first-order valence-corrected chi connectivity index (χ1v) is 9.56. The van der Waals surface area contributed by atoms with Crippen molar-refractivity contribution >= 4 is 22.8 Å². The number of nitrogens with zero attached hydrogens (tertiary/aromatic N) is 3. The van der Waals surface area contributed by atoms with Gasteiger partial charge in [0.1, 0.15) is 5.82 Å². The first-order chi connectivity index (χ1) is 13.4. The summed E-state index contributed by atoms with van der Waals surface area (Å²) in [7, 11) is 0. The molecule has 2 atom stereocenters. The van der Waals surface area contributed by atoms with Gasteiger partial charge in [0.25, 0.3) is 11.5 Å². The van der Waals surface area contributed by atoms with Gasteiger partial charge in [-0.25, -0.2) is 9.78 Å². The Labute approximate surface area is 162 Å². The Balaban J connectivity index is 1.46. The van der Waals surface area contributed by atoms with Crippen molar-refractivity contribution in [1.29, 1.82) is 0 Å². The zero-order valence-electron chi connectivity index (χ0n) is 16.0. The number of aryl methyl sites for hydroxylation is 1. The van der Waals surface area contributed by atoms with E-state index in [1.807, 2.05) is 13.8 Å². The molecule has 8 heteroatoms. The van der Waals surface area contributed by atoms with Crippen LogP contribution in [0.15, 0.2) is 23.0 Å². The lowest BCUT2D eigenvalue weighted by Gasteiger charge is -2.35. The second-order valence-electron chi connectivity index (χ2n) is 7.45. The average molecular weight is 385 g/mol. The minimum Gasteiger partial charge on any atom is -0.452 e. The van der Waals surface area contributed by atoms with Gasteiger partial charge in [-0.3, -0.25) is 14.2 Å². The zero-order chi connectivity index (χ0) is 19.8. The Bertz CT molecular complexity index is 989. The fourth-order valence-electron chi connectivity index (χ4n) is 3.89. The van der Waals surface area contributed by atoms with E-state index in [1.54, 1.807) is 27.7 Å². The van der Waals surface area contributed by atoms with Crippen molar-refractivity contribution in [1.82, 2.24) is 14.5 Å². The molecular weight excluding hydrogens is 362 g/mol. The normalized spacial score (nSPS) is 21.6. The van der Waals surface area contributed by atoms with E-state index in [0.717, 1.165) is 18.7 Å². The molecule has 0 aliphatic carbocycles. The van der Waals surface area contributed by atoms with Crippen LogP contribution in [0.3, 0.4) is 0 Å². The number of benzene rings is 1. The number of carbonyl (C=O) groups is 2. The van der Waals surface area contributed by atoms with Crippen molar-refractivity contribution in [2.45, 2.75) is 45.4 Å². The summed E-state index contributed by atoms with van der Waals surface area (Å²) < 4.78 is 12.5. The molecule has 1 aromatic carbocycles. The highest BCUT2D eigenvalue weighted by molar-refractivity contribution is 5.95. The average Bonchev–Trinajstić information content (AvgIpc) is 3.13. The molecule has 0 saturated carbocycles. The number of esters is 1. The van der Waals surface area contributed by atoms with Gasteiger partial charge in [0, 0.05) is 26.1 Å². The second-order valence-corrected chi connectivity index (χ2v) is 7.45. The van der Waals surface area contributed by atoms with Crippen LogP contribution < -0.4 is 5.56 Å². The Morgan fingerprint density at radius 2 is 2.00 bits per heavy atom. The molecule has 0 spiro atoms. The molecule has 4 rings (SSSR count). The zero-order valence-corrected chi connectivity index (χ0v) is 16.0. The summed E-state index contributed by atoms with van der Waals surface area (Å²) in [5.41, 5.74) is 0.678. The molecule has 1 fully saturated rings. The highest BCUT2D eigenvalue weighted by Crippen LogP contribution is 2.17. The fraction of sp³-hybridized carbons (Fsp3) is 0.500. The van der Waals surface area contributed by atoms with E-state index in [4.69, 9.17) is 9.47 Å². The van der Waals surface area contributed by atoms with Crippen molar-refractivity contribution in [3.8, 4) is 0 Å². The molecule has 2 aliphatic heterocycles. The molecule has 0 bridgehead atoms. The summed E-state index contributed by atoms with van der Waals surface area (Å²) in [5.74, 6) is -0.105.